The van der Waals surface area contributed by atoms with Crippen molar-refractivity contribution in [2.45, 2.75) is 12.5 Å². The van der Waals surface area contributed by atoms with Gasteiger partial charge in [-0.3, -0.25) is 14.5 Å². The minimum Gasteiger partial charge on any atom is -0.504 e. The molecule has 0 aliphatic carbocycles. The highest BCUT2D eigenvalue weighted by molar-refractivity contribution is 6.06. The van der Waals surface area contributed by atoms with Crippen LogP contribution in [0, 0.1) is 0 Å². The second kappa shape index (κ2) is 7.47. The van der Waals surface area contributed by atoms with Gasteiger partial charge in [-0.2, -0.15) is 0 Å². The summed E-state index contributed by atoms with van der Waals surface area (Å²) in [7, 11) is 0. The summed E-state index contributed by atoms with van der Waals surface area (Å²) in [6.07, 6.45) is 0.915. The Bertz CT molecular complexity index is 865. The van der Waals surface area contributed by atoms with Crippen molar-refractivity contribution in [3.63, 3.8) is 0 Å². The van der Waals surface area contributed by atoms with E-state index in [2.05, 4.69) is 6.58 Å². The van der Waals surface area contributed by atoms with Crippen molar-refractivity contribution in [2.24, 2.45) is 5.73 Å². The molecule has 2 aromatic carbocycles. The summed E-state index contributed by atoms with van der Waals surface area (Å²) < 4.78 is 0. The van der Waals surface area contributed by atoms with Crippen LogP contribution in [0.4, 0.5) is 5.69 Å². The molecule has 0 spiro atoms. The molecule has 0 unspecified atom stereocenters. The van der Waals surface area contributed by atoms with Gasteiger partial charge in [-0.05, 0) is 35.9 Å². The maximum atomic E-state index is 12.3. The number of hydrogen-bond acceptors (Lipinski definition) is 6. The summed E-state index contributed by atoms with van der Waals surface area (Å²) in [6, 6.07) is 6.40. The average molecular weight is 358 g/mol. The number of carbonyl (C=O) groups is 2. The van der Waals surface area contributed by atoms with E-state index in [1.807, 2.05) is 0 Å². The fourth-order valence-corrected chi connectivity index (χ4v) is 2.46. The number of hydrogen-bond donors (Lipinski definition) is 5. The van der Waals surface area contributed by atoms with Crippen LogP contribution >= 0.6 is 0 Å². The van der Waals surface area contributed by atoms with Crippen molar-refractivity contribution in [3.8, 4) is 23.0 Å². The van der Waals surface area contributed by atoms with E-state index >= 15 is 0 Å². The first-order valence-corrected chi connectivity index (χ1v) is 7.52. The van der Waals surface area contributed by atoms with Crippen LogP contribution in [0.1, 0.15) is 5.56 Å². The molecule has 8 heteroatoms. The number of amides is 2. The number of anilines is 1. The molecule has 0 heterocycles. The van der Waals surface area contributed by atoms with E-state index < -0.39 is 23.6 Å². The molecule has 0 saturated carbocycles. The van der Waals surface area contributed by atoms with Crippen molar-refractivity contribution in [1.29, 1.82) is 0 Å². The van der Waals surface area contributed by atoms with E-state index in [1.165, 1.54) is 30.3 Å². The molecule has 0 saturated heterocycles. The molecule has 0 fully saturated rings. The van der Waals surface area contributed by atoms with Crippen molar-refractivity contribution in [2.75, 3.05) is 4.90 Å². The van der Waals surface area contributed by atoms with Crippen LogP contribution in [-0.4, -0.2) is 38.3 Å². The monoisotopic (exact) mass is 358 g/mol. The molecule has 2 amide bonds. The summed E-state index contributed by atoms with van der Waals surface area (Å²) in [5.41, 5.74) is 6.02. The van der Waals surface area contributed by atoms with Gasteiger partial charge in [0.2, 0.25) is 5.91 Å². The Kier molecular flexibility index (Phi) is 5.36. The molecule has 0 aliphatic rings. The molecule has 8 nitrogen and oxygen atoms in total. The highest BCUT2D eigenvalue weighted by Crippen LogP contribution is 2.32. The highest BCUT2D eigenvalue weighted by Gasteiger charge is 2.29. The fraction of sp³-hybridized carbons (Fsp3) is 0.111. The molecule has 0 radical (unpaired) electrons. The summed E-state index contributed by atoms with van der Waals surface area (Å²) >= 11 is 0. The van der Waals surface area contributed by atoms with Crippen LogP contribution in [-0.2, 0) is 16.0 Å². The first-order valence-electron chi connectivity index (χ1n) is 7.52. The second-order valence-corrected chi connectivity index (χ2v) is 5.53. The maximum absolute atomic E-state index is 12.3. The normalized spacial score (nSPS) is 11.5. The molecule has 0 aromatic heterocycles. The summed E-state index contributed by atoms with van der Waals surface area (Å²) in [6.45, 7) is 3.39. The van der Waals surface area contributed by atoms with E-state index in [9.17, 15) is 30.0 Å². The lowest BCUT2D eigenvalue weighted by Gasteiger charge is -2.29. The van der Waals surface area contributed by atoms with Gasteiger partial charge in [-0.25, -0.2) is 0 Å². The fourth-order valence-electron chi connectivity index (χ4n) is 2.46. The molecular formula is C18H18N2O6. The molecule has 0 bridgehead atoms. The number of phenolic OH excluding ortho intramolecular Hbond substituents is 4. The Morgan fingerprint density at radius 1 is 1.00 bits per heavy atom. The van der Waals surface area contributed by atoms with Crippen molar-refractivity contribution >= 4 is 17.5 Å². The number of phenols is 4. The number of nitrogens with two attached hydrogens (primary N) is 1. The number of benzene rings is 2. The van der Waals surface area contributed by atoms with Crippen molar-refractivity contribution in [1.82, 2.24) is 0 Å². The molecule has 1 atom stereocenters. The van der Waals surface area contributed by atoms with E-state index in [0.29, 0.717) is 5.56 Å². The quantitative estimate of drug-likeness (QED) is 0.387. The van der Waals surface area contributed by atoms with Gasteiger partial charge in [0.15, 0.2) is 23.0 Å². The number of carbonyl (C=O) groups excluding carboxylic acids is 2. The lowest BCUT2D eigenvalue weighted by Crippen LogP contribution is -2.49. The number of rotatable bonds is 6. The molecule has 26 heavy (non-hydrogen) atoms. The third-order valence-corrected chi connectivity index (χ3v) is 3.76. The number of nitrogens with zero attached hydrogens (tertiary/aromatic N) is 1. The van der Waals surface area contributed by atoms with Gasteiger partial charge in [0, 0.05) is 18.2 Å². The molecule has 136 valence electrons. The van der Waals surface area contributed by atoms with Gasteiger partial charge in [0.05, 0.1) is 0 Å². The van der Waals surface area contributed by atoms with Gasteiger partial charge in [-0.1, -0.05) is 12.6 Å². The van der Waals surface area contributed by atoms with E-state index in [0.717, 1.165) is 17.0 Å². The van der Waals surface area contributed by atoms with Crippen LogP contribution in [0.25, 0.3) is 0 Å². The average Bonchev–Trinajstić information content (AvgIpc) is 2.60. The SMILES string of the molecule is C=CC(=O)N(c1ccc(O)c(O)c1)[C@H](Cc1ccc(O)c(O)c1)C(N)=O. The summed E-state index contributed by atoms with van der Waals surface area (Å²) in [5, 5.41) is 38.1. The van der Waals surface area contributed by atoms with Crippen LogP contribution in [0.2, 0.25) is 0 Å². The van der Waals surface area contributed by atoms with Gasteiger partial charge in [0.1, 0.15) is 6.04 Å². The number of primary amides is 1. The van der Waals surface area contributed by atoms with Crippen molar-refractivity contribution < 1.29 is 30.0 Å². The predicted octanol–water partition coefficient (Wildman–Crippen LogP) is 1.12. The zero-order valence-electron chi connectivity index (χ0n) is 13.7. The van der Waals surface area contributed by atoms with Crippen LogP contribution in [0.15, 0.2) is 49.1 Å². The van der Waals surface area contributed by atoms with Gasteiger partial charge in [0.25, 0.3) is 5.91 Å². The zero-order chi connectivity index (χ0) is 19.4. The van der Waals surface area contributed by atoms with E-state index in [-0.39, 0.29) is 29.4 Å². The van der Waals surface area contributed by atoms with Crippen LogP contribution in [0.5, 0.6) is 23.0 Å². The highest BCUT2D eigenvalue weighted by atomic mass is 16.3. The minimum atomic E-state index is -1.17. The first-order chi connectivity index (χ1) is 12.2. The Balaban J connectivity index is 2.48. The van der Waals surface area contributed by atoms with Gasteiger partial charge < -0.3 is 26.2 Å². The Hall–Kier alpha value is -3.68. The Morgan fingerprint density at radius 3 is 2.08 bits per heavy atom. The van der Waals surface area contributed by atoms with E-state index in [1.54, 1.807) is 0 Å². The first kappa shape index (κ1) is 18.7. The third-order valence-electron chi connectivity index (χ3n) is 3.76. The Labute approximate surface area is 149 Å². The van der Waals surface area contributed by atoms with Gasteiger partial charge >= 0.3 is 0 Å². The lowest BCUT2D eigenvalue weighted by molar-refractivity contribution is -0.122. The molecule has 6 N–H and O–H groups in total. The van der Waals surface area contributed by atoms with Gasteiger partial charge in [-0.15, -0.1) is 0 Å². The van der Waals surface area contributed by atoms with Crippen LogP contribution < -0.4 is 10.6 Å². The summed E-state index contributed by atoms with van der Waals surface area (Å²) in [4.78, 5) is 25.4. The second-order valence-electron chi connectivity index (χ2n) is 5.53. The standard InChI is InChI=1S/C18H18N2O6/c1-2-17(25)20(11-4-6-14(22)16(24)9-11)12(18(19)26)7-10-3-5-13(21)15(23)8-10/h2-6,8-9,12,21-24H,1,7H2,(H2,19,26)/t12-/m1/s1. The molecular weight excluding hydrogens is 340 g/mol. The number of aromatic hydroxyl groups is 4. The summed E-state index contributed by atoms with van der Waals surface area (Å²) in [5.74, 6) is -3.06. The lowest BCUT2D eigenvalue weighted by atomic mass is 10.0. The van der Waals surface area contributed by atoms with E-state index in [4.69, 9.17) is 5.73 Å². The van der Waals surface area contributed by atoms with Crippen molar-refractivity contribution in [3.05, 3.63) is 54.6 Å². The molecule has 0 aliphatic heterocycles. The van der Waals surface area contributed by atoms with Crippen LogP contribution in [0.3, 0.4) is 0 Å². The Morgan fingerprint density at radius 2 is 1.58 bits per heavy atom. The smallest absolute Gasteiger partial charge is 0.251 e. The maximum Gasteiger partial charge on any atom is 0.251 e. The molecule has 2 aromatic rings. The zero-order valence-corrected chi connectivity index (χ0v) is 13.7. The third kappa shape index (κ3) is 3.86. The topological polar surface area (TPSA) is 144 Å². The predicted molar refractivity (Wildman–Crippen MR) is 93.9 cm³/mol. The minimum absolute atomic E-state index is 0.0651. The largest absolute Gasteiger partial charge is 0.504 e. The molecule has 2 rings (SSSR count).